The minimum absolute atomic E-state index is 0.315. The Bertz CT molecular complexity index is 231. The van der Waals surface area contributed by atoms with Gasteiger partial charge in [0, 0.05) is 0 Å². The van der Waals surface area contributed by atoms with Crippen molar-refractivity contribution in [2.24, 2.45) is 0 Å². The van der Waals surface area contributed by atoms with Crippen LogP contribution in [-0.4, -0.2) is 12.4 Å². The first-order valence-electron chi connectivity index (χ1n) is 3.94. The topological polar surface area (TPSA) is 26.3 Å². The first-order valence-corrected chi connectivity index (χ1v) is 3.94. The summed E-state index contributed by atoms with van der Waals surface area (Å²) in [6.45, 7) is 2.23. The lowest BCUT2D eigenvalue weighted by Gasteiger charge is -2.05. The number of hydrogen-bond acceptors (Lipinski definition) is 2. The molecule has 2 heteroatoms. The molecule has 0 saturated heterocycles. The van der Waals surface area contributed by atoms with Crippen molar-refractivity contribution in [1.29, 1.82) is 0 Å². The average Bonchev–Trinajstić information content (AvgIpc) is 2.16. The third-order valence-electron chi connectivity index (χ3n) is 1.55. The van der Waals surface area contributed by atoms with Crippen LogP contribution in [0.1, 0.15) is 12.5 Å². The van der Waals surface area contributed by atoms with E-state index in [-0.39, 0.29) is 6.10 Å². The summed E-state index contributed by atoms with van der Waals surface area (Å²) in [6.07, 6.45) is 0.480. The van der Waals surface area contributed by atoms with Crippen LogP contribution in [0.4, 0.5) is 0 Å². The van der Waals surface area contributed by atoms with Gasteiger partial charge in [0.25, 0.3) is 0 Å². The lowest BCUT2D eigenvalue weighted by atomic mass is 10.2. The van der Waals surface area contributed by atoms with Crippen molar-refractivity contribution < 1.29 is 9.53 Å². The zero-order valence-corrected chi connectivity index (χ0v) is 7.07. The van der Waals surface area contributed by atoms with Crippen LogP contribution in [0.3, 0.4) is 0 Å². The van der Waals surface area contributed by atoms with Crippen LogP contribution in [0, 0.1) is 0 Å². The zero-order chi connectivity index (χ0) is 8.81. The van der Waals surface area contributed by atoms with E-state index in [1.165, 1.54) is 0 Å². The highest BCUT2D eigenvalue weighted by Crippen LogP contribution is 2.01. The van der Waals surface area contributed by atoms with Gasteiger partial charge >= 0.3 is 0 Å². The second-order valence-electron chi connectivity index (χ2n) is 2.64. The number of hydrogen-bond donors (Lipinski definition) is 0. The predicted octanol–water partition coefficient (Wildman–Crippen LogP) is 1.79. The van der Waals surface area contributed by atoms with Gasteiger partial charge in [0.15, 0.2) is 0 Å². The number of aldehydes is 1. The Hall–Kier alpha value is -1.15. The summed E-state index contributed by atoms with van der Waals surface area (Å²) in [6, 6.07) is 9.79. The van der Waals surface area contributed by atoms with Crippen molar-refractivity contribution in [2.75, 3.05) is 0 Å². The largest absolute Gasteiger partial charge is 0.366 e. The Morgan fingerprint density at radius 1 is 1.42 bits per heavy atom. The van der Waals surface area contributed by atoms with Gasteiger partial charge in [-0.3, -0.25) is 0 Å². The van der Waals surface area contributed by atoms with Crippen LogP contribution in [0.15, 0.2) is 30.3 Å². The molecular formula is C10H12O2. The summed E-state index contributed by atoms with van der Waals surface area (Å²) < 4.78 is 5.21. The molecule has 1 atom stereocenters. The average molecular weight is 164 g/mol. The Labute approximate surface area is 72.2 Å². The second kappa shape index (κ2) is 4.67. The van der Waals surface area contributed by atoms with E-state index in [1.807, 2.05) is 30.3 Å². The molecule has 1 aromatic carbocycles. The van der Waals surface area contributed by atoms with Crippen LogP contribution >= 0.6 is 0 Å². The molecule has 0 aromatic heterocycles. The molecule has 0 bridgehead atoms. The van der Waals surface area contributed by atoms with Gasteiger partial charge in [0.2, 0.25) is 0 Å². The Morgan fingerprint density at radius 3 is 2.67 bits per heavy atom. The maximum absolute atomic E-state index is 10.2. The molecule has 0 aliphatic rings. The van der Waals surface area contributed by atoms with Gasteiger partial charge in [-0.1, -0.05) is 30.3 Å². The fourth-order valence-corrected chi connectivity index (χ4v) is 0.841. The van der Waals surface area contributed by atoms with E-state index in [2.05, 4.69) is 0 Å². The summed E-state index contributed by atoms with van der Waals surface area (Å²) in [5.74, 6) is 0. The lowest BCUT2D eigenvalue weighted by Crippen LogP contribution is -2.08. The SMILES string of the molecule is C[C@H](C=O)OCc1ccccc1. The van der Waals surface area contributed by atoms with Crippen LogP contribution in [0.25, 0.3) is 0 Å². The Balaban J connectivity index is 2.38. The van der Waals surface area contributed by atoms with Gasteiger partial charge in [0.05, 0.1) is 6.61 Å². The Kier molecular flexibility index (Phi) is 3.48. The van der Waals surface area contributed by atoms with Crippen molar-refractivity contribution in [2.45, 2.75) is 19.6 Å². The predicted molar refractivity (Wildman–Crippen MR) is 46.8 cm³/mol. The molecule has 0 aliphatic carbocycles. The van der Waals surface area contributed by atoms with E-state index >= 15 is 0 Å². The van der Waals surface area contributed by atoms with E-state index in [0.29, 0.717) is 6.61 Å². The molecule has 0 N–H and O–H groups in total. The smallest absolute Gasteiger partial charge is 0.148 e. The van der Waals surface area contributed by atoms with Gasteiger partial charge < -0.3 is 9.53 Å². The van der Waals surface area contributed by atoms with Crippen molar-refractivity contribution in [3.05, 3.63) is 35.9 Å². The molecule has 0 saturated carbocycles. The number of ether oxygens (including phenoxy) is 1. The maximum atomic E-state index is 10.2. The van der Waals surface area contributed by atoms with Gasteiger partial charge in [-0.05, 0) is 12.5 Å². The minimum atomic E-state index is -0.315. The molecule has 64 valence electrons. The summed E-state index contributed by atoms with van der Waals surface area (Å²) in [5.41, 5.74) is 1.09. The van der Waals surface area contributed by atoms with Crippen molar-refractivity contribution in [3.8, 4) is 0 Å². The van der Waals surface area contributed by atoms with Crippen molar-refractivity contribution >= 4 is 6.29 Å². The van der Waals surface area contributed by atoms with Crippen LogP contribution in [0.2, 0.25) is 0 Å². The fraction of sp³-hybridized carbons (Fsp3) is 0.300. The van der Waals surface area contributed by atoms with E-state index < -0.39 is 0 Å². The fourth-order valence-electron chi connectivity index (χ4n) is 0.841. The quantitative estimate of drug-likeness (QED) is 0.634. The van der Waals surface area contributed by atoms with Gasteiger partial charge in [-0.15, -0.1) is 0 Å². The van der Waals surface area contributed by atoms with Crippen LogP contribution in [0.5, 0.6) is 0 Å². The number of benzene rings is 1. The molecular weight excluding hydrogens is 152 g/mol. The van der Waals surface area contributed by atoms with E-state index in [4.69, 9.17) is 4.74 Å². The van der Waals surface area contributed by atoms with Gasteiger partial charge in [-0.25, -0.2) is 0 Å². The van der Waals surface area contributed by atoms with Crippen LogP contribution < -0.4 is 0 Å². The van der Waals surface area contributed by atoms with Crippen LogP contribution in [-0.2, 0) is 16.1 Å². The number of carbonyl (C=O) groups excluding carboxylic acids is 1. The maximum Gasteiger partial charge on any atom is 0.148 e. The first kappa shape index (κ1) is 8.94. The highest BCUT2D eigenvalue weighted by atomic mass is 16.5. The first-order chi connectivity index (χ1) is 5.83. The normalized spacial score (nSPS) is 12.4. The number of rotatable bonds is 4. The molecule has 0 radical (unpaired) electrons. The Morgan fingerprint density at radius 2 is 2.08 bits per heavy atom. The molecule has 12 heavy (non-hydrogen) atoms. The van der Waals surface area contributed by atoms with Crippen molar-refractivity contribution in [1.82, 2.24) is 0 Å². The van der Waals surface area contributed by atoms with E-state index in [1.54, 1.807) is 6.92 Å². The molecule has 2 nitrogen and oxygen atoms in total. The highest BCUT2D eigenvalue weighted by molar-refractivity contribution is 5.55. The summed E-state index contributed by atoms with van der Waals surface area (Å²) in [4.78, 5) is 10.2. The van der Waals surface area contributed by atoms with Gasteiger partial charge in [0.1, 0.15) is 12.4 Å². The second-order valence-corrected chi connectivity index (χ2v) is 2.64. The van der Waals surface area contributed by atoms with E-state index in [0.717, 1.165) is 11.8 Å². The monoisotopic (exact) mass is 164 g/mol. The third-order valence-corrected chi connectivity index (χ3v) is 1.55. The standard InChI is InChI=1S/C10H12O2/c1-9(7-11)12-8-10-5-3-2-4-6-10/h2-7,9H,8H2,1H3/t9-/m1/s1. The zero-order valence-electron chi connectivity index (χ0n) is 7.07. The summed E-state index contributed by atoms with van der Waals surface area (Å²) in [7, 11) is 0. The highest BCUT2D eigenvalue weighted by Gasteiger charge is 1.98. The molecule has 1 rings (SSSR count). The molecule has 1 aromatic rings. The summed E-state index contributed by atoms with van der Waals surface area (Å²) in [5, 5.41) is 0. The third kappa shape index (κ3) is 2.84. The molecule has 0 amide bonds. The molecule has 0 fully saturated rings. The van der Waals surface area contributed by atoms with Gasteiger partial charge in [-0.2, -0.15) is 0 Å². The molecule has 0 spiro atoms. The summed E-state index contributed by atoms with van der Waals surface area (Å²) >= 11 is 0. The molecule has 0 heterocycles. The minimum Gasteiger partial charge on any atom is -0.366 e. The molecule has 0 unspecified atom stereocenters. The van der Waals surface area contributed by atoms with Crippen molar-refractivity contribution in [3.63, 3.8) is 0 Å². The lowest BCUT2D eigenvalue weighted by molar-refractivity contribution is -0.117. The molecule has 0 aliphatic heterocycles. The number of carbonyl (C=O) groups is 1. The van der Waals surface area contributed by atoms with E-state index in [9.17, 15) is 4.79 Å².